The third-order valence-corrected chi connectivity index (χ3v) is 3.66. The first kappa shape index (κ1) is 14.9. The van der Waals surface area contributed by atoms with Crippen LogP contribution in [0.4, 0.5) is 18.9 Å². The number of carbonyl (C=O) groups excluding carboxylic acids is 1. The lowest BCUT2D eigenvalue weighted by Crippen LogP contribution is -2.14. The zero-order chi connectivity index (χ0) is 14.9. The number of rotatable bonds is 2. The van der Waals surface area contributed by atoms with Crippen molar-refractivity contribution in [2.24, 2.45) is 0 Å². The third kappa shape index (κ3) is 3.13. The summed E-state index contributed by atoms with van der Waals surface area (Å²) in [5, 5.41) is 2.31. The second kappa shape index (κ2) is 5.85. The van der Waals surface area contributed by atoms with Crippen molar-refractivity contribution in [1.29, 1.82) is 0 Å². The molecular weight excluding hydrogens is 359 g/mol. The predicted molar refractivity (Wildman–Crippen MR) is 73.4 cm³/mol. The second-order valence-corrected chi connectivity index (χ2v) is 5.09. The van der Waals surface area contributed by atoms with Crippen molar-refractivity contribution in [3.63, 3.8) is 0 Å². The summed E-state index contributed by atoms with van der Waals surface area (Å²) in [7, 11) is 0. The van der Waals surface area contributed by atoms with E-state index in [4.69, 9.17) is 11.6 Å². The maximum absolute atomic E-state index is 13.4. The van der Waals surface area contributed by atoms with Crippen LogP contribution in [0.3, 0.4) is 0 Å². The molecule has 0 saturated carbocycles. The van der Waals surface area contributed by atoms with Crippen molar-refractivity contribution < 1.29 is 18.0 Å². The van der Waals surface area contributed by atoms with Crippen LogP contribution in [0, 0.1) is 17.5 Å². The van der Waals surface area contributed by atoms with Crippen LogP contribution in [0.1, 0.15) is 10.4 Å². The minimum absolute atomic E-state index is 0.112. The van der Waals surface area contributed by atoms with Crippen molar-refractivity contribution in [3.05, 3.63) is 62.8 Å². The first-order valence-corrected chi connectivity index (χ1v) is 6.46. The standard InChI is InChI=1S/C13H6BrClF3NO/c14-8-2-1-6(3-9(8)15)13(20)19-12-10(17)4-7(16)5-11(12)18/h1-5H,(H,19,20). The molecule has 2 aromatic carbocycles. The van der Waals surface area contributed by atoms with Gasteiger partial charge in [-0.25, -0.2) is 13.2 Å². The van der Waals surface area contributed by atoms with E-state index in [2.05, 4.69) is 15.9 Å². The highest BCUT2D eigenvalue weighted by Crippen LogP contribution is 2.25. The normalized spacial score (nSPS) is 10.4. The predicted octanol–water partition coefficient (Wildman–Crippen LogP) is 4.77. The van der Waals surface area contributed by atoms with E-state index >= 15 is 0 Å². The summed E-state index contributed by atoms with van der Waals surface area (Å²) in [4.78, 5) is 11.9. The zero-order valence-electron chi connectivity index (χ0n) is 9.68. The Morgan fingerprint density at radius 1 is 1.10 bits per heavy atom. The molecule has 1 amide bonds. The van der Waals surface area contributed by atoms with Crippen LogP contribution >= 0.6 is 27.5 Å². The zero-order valence-corrected chi connectivity index (χ0v) is 12.0. The maximum Gasteiger partial charge on any atom is 0.255 e. The van der Waals surface area contributed by atoms with E-state index < -0.39 is 29.0 Å². The molecule has 0 heterocycles. The molecule has 104 valence electrons. The molecule has 2 rings (SSSR count). The summed E-state index contributed by atoms with van der Waals surface area (Å²) < 4.78 is 40.1. The lowest BCUT2D eigenvalue weighted by atomic mass is 10.2. The van der Waals surface area contributed by atoms with Crippen molar-refractivity contribution >= 4 is 39.1 Å². The van der Waals surface area contributed by atoms with Gasteiger partial charge in [-0.15, -0.1) is 0 Å². The number of halogens is 5. The fraction of sp³-hybridized carbons (Fsp3) is 0. The number of hydrogen-bond donors (Lipinski definition) is 1. The number of hydrogen-bond acceptors (Lipinski definition) is 1. The van der Waals surface area contributed by atoms with E-state index in [1.807, 2.05) is 5.32 Å². The Kier molecular flexibility index (Phi) is 4.35. The first-order valence-electron chi connectivity index (χ1n) is 5.29. The highest BCUT2D eigenvalue weighted by molar-refractivity contribution is 9.10. The Hall–Kier alpha value is -1.53. The molecule has 20 heavy (non-hydrogen) atoms. The van der Waals surface area contributed by atoms with Gasteiger partial charge in [0, 0.05) is 22.2 Å². The molecule has 7 heteroatoms. The highest BCUT2D eigenvalue weighted by Gasteiger charge is 2.16. The van der Waals surface area contributed by atoms with Gasteiger partial charge in [-0.1, -0.05) is 11.6 Å². The molecule has 0 aliphatic carbocycles. The fourth-order valence-corrected chi connectivity index (χ4v) is 1.91. The van der Waals surface area contributed by atoms with Crippen molar-refractivity contribution in [2.75, 3.05) is 5.32 Å². The van der Waals surface area contributed by atoms with E-state index in [0.717, 1.165) is 0 Å². The number of amides is 1. The SMILES string of the molecule is O=C(Nc1c(F)cc(F)cc1F)c1ccc(Br)c(Cl)c1. The Bertz CT molecular complexity index is 670. The largest absolute Gasteiger partial charge is 0.317 e. The molecule has 0 bridgehead atoms. The Morgan fingerprint density at radius 2 is 1.70 bits per heavy atom. The van der Waals surface area contributed by atoms with E-state index in [0.29, 0.717) is 16.6 Å². The Labute approximate surface area is 125 Å². The maximum atomic E-state index is 13.4. The summed E-state index contributed by atoms with van der Waals surface area (Å²) in [5.74, 6) is -4.22. The molecule has 0 atom stereocenters. The van der Waals surface area contributed by atoms with Gasteiger partial charge in [-0.2, -0.15) is 0 Å². The summed E-state index contributed by atoms with van der Waals surface area (Å²) in [5.41, 5.74) is -0.600. The van der Waals surface area contributed by atoms with E-state index in [-0.39, 0.29) is 10.6 Å². The molecule has 0 fully saturated rings. The molecule has 0 aliphatic rings. The summed E-state index contributed by atoms with van der Waals surface area (Å²) in [6.45, 7) is 0. The first-order chi connectivity index (χ1) is 9.38. The summed E-state index contributed by atoms with van der Waals surface area (Å²) in [6, 6.07) is 5.24. The van der Waals surface area contributed by atoms with Crippen LogP contribution in [0.15, 0.2) is 34.8 Å². The number of nitrogens with one attached hydrogen (secondary N) is 1. The molecule has 0 radical (unpaired) electrons. The smallest absolute Gasteiger partial charge is 0.255 e. The van der Waals surface area contributed by atoms with Gasteiger partial charge in [-0.05, 0) is 34.1 Å². The van der Waals surface area contributed by atoms with Gasteiger partial charge in [0.1, 0.15) is 11.5 Å². The van der Waals surface area contributed by atoms with Gasteiger partial charge in [0.15, 0.2) is 11.6 Å². The third-order valence-electron chi connectivity index (χ3n) is 2.43. The van der Waals surface area contributed by atoms with Gasteiger partial charge < -0.3 is 5.32 Å². The van der Waals surface area contributed by atoms with Crippen molar-refractivity contribution in [2.45, 2.75) is 0 Å². The van der Waals surface area contributed by atoms with Gasteiger partial charge in [0.25, 0.3) is 5.91 Å². The topological polar surface area (TPSA) is 29.1 Å². The number of carbonyl (C=O) groups is 1. The van der Waals surface area contributed by atoms with Crippen LogP contribution in [-0.2, 0) is 0 Å². The average Bonchev–Trinajstić information content (AvgIpc) is 2.36. The average molecular weight is 365 g/mol. The number of benzene rings is 2. The molecule has 2 aromatic rings. The minimum Gasteiger partial charge on any atom is -0.317 e. The highest BCUT2D eigenvalue weighted by atomic mass is 79.9. The molecular formula is C13H6BrClF3NO. The van der Waals surface area contributed by atoms with Gasteiger partial charge in [0.05, 0.1) is 5.02 Å². The van der Waals surface area contributed by atoms with Gasteiger partial charge >= 0.3 is 0 Å². The molecule has 0 spiro atoms. The lowest BCUT2D eigenvalue weighted by Gasteiger charge is -2.08. The molecule has 0 aliphatic heterocycles. The monoisotopic (exact) mass is 363 g/mol. The van der Waals surface area contributed by atoms with Crippen molar-refractivity contribution in [3.8, 4) is 0 Å². The molecule has 2 nitrogen and oxygen atoms in total. The van der Waals surface area contributed by atoms with Crippen molar-refractivity contribution in [1.82, 2.24) is 0 Å². The lowest BCUT2D eigenvalue weighted by molar-refractivity contribution is 0.102. The summed E-state index contributed by atoms with van der Waals surface area (Å²) in [6.07, 6.45) is 0. The van der Waals surface area contributed by atoms with Crippen LogP contribution in [0.5, 0.6) is 0 Å². The van der Waals surface area contributed by atoms with Crippen LogP contribution in [-0.4, -0.2) is 5.91 Å². The van der Waals surface area contributed by atoms with E-state index in [1.165, 1.54) is 18.2 Å². The van der Waals surface area contributed by atoms with E-state index in [9.17, 15) is 18.0 Å². The minimum atomic E-state index is -1.20. The molecule has 0 saturated heterocycles. The van der Waals surface area contributed by atoms with Crippen LogP contribution in [0.2, 0.25) is 5.02 Å². The van der Waals surface area contributed by atoms with Crippen LogP contribution in [0.25, 0.3) is 0 Å². The fourth-order valence-electron chi connectivity index (χ4n) is 1.48. The Morgan fingerprint density at radius 3 is 2.25 bits per heavy atom. The van der Waals surface area contributed by atoms with E-state index in [1.54, 1.807) is 0 Å². The molecule has 0 unspecified atom stereocenters. The number of anilines is 1. The Balaban J connectivity index is 2.30. The van der Waals surface area contributed by atoms with Crippen LogP contribution < -0.4 is 5.32 Å². The van der Waals surface area contributed by atoms with Gasteiger partial charge in [-0.3, -0.25) is 4.79 Å². The van der Waals surface area contributed by atoms with Gasteiger partial charge in [0.2, 0.25) is 0 Å². The quantitative estimate of drug-likeness (QED) is 0.817. The molecule has 1 N–H and O–H groups in total. The summed E-state index contributed by atoms with van der Waals surface area (Å²) >= 11 is 8.97. The molecule has 0 aromatic heterocycles. The second-order valence-electron chi connectivity index (χ2n) is 3.83.